The third-order valence-corrected chi connectivity index (χ3v) is 8.29. The van der Waals surface area contributed by atoms with Gasteiger partial charge in [-0.15, -0.1) is 28.6 Å². The van der Waals surface area contributed by atoms with E-state index in [0.29, 0.717) is 10.7 Å². The van der Waals surface area contributed by atoms with Gasteiger partial charge in [-0.05, 0) is 16.0 Å². The van der Waals surface area contributed by atoms with Crippen LogP contribution in [0.25, 0.3) is 0 Å². The van der Waals surface area contributed by atoms with Crippen molar-refractivity contribution in [2.45, 2.75) is 22.3 Å². The standard InChI is InChI=1S/C16H21N7O7S3.Na/c1-22-15(19-20-21-22)33-4-7-3-32-14-16(30-2,13(29)23(14)10(7)12(27)28)18-9(24)6-31-5-8(17)11(25)26;/h8,14H,3-6,17H2,1-2H3,(H,18,24)(H,25,26)(H,27,28);/q;+1/p-1/t8?,14-,16+;/m1./s1. The number of hydrogen-bond acceptors (Lipinski definition) is 13. The number of aromatic nitrogens is 4. The van der Waals surface area contributed by atoms with Gasteiger partial charge in [-0.1, -0.05) is 11.8 Å². The Morgan fingerprint density at radius 1 is 1.47 bits per heavy atom. The van der Waals surface area contributed by atoms with E-state index >= 15 is 0 Å². The molecule has 0 saturated carbocycles. The maximum Gasteiger partial charge on any atom is 1.00 e. The smallest absolute Gasteiger partial charge is 0.543 e. The second-order valence-electron chi connectivity index (χ2n) is 6.90. The summed E-state index contributed by atoms with van der Waals surface area (Å²) in [5.74, 6) is -3.73. The van der Waals surface area contributed by atoms with Crippen LogP contribution in [0.3, 0.4) is 0 Å². The zero-order valence-corrected chi connectivity index (χ0v) is 22.9. The van der Waals surface area contributed by atoms with E-state index in [1.165, 1.54) is 35.3 Å². The number of thioether (sulfide) groups is 3. The van der Waals surface area contributed by atoms with Gasteiger partial charge in [0.15, 0.2) is 0 Å². The fourth-order valence-electron chi connectivity index (χ4n) is 3.13. The summed E-state index contributed by atoms with van der Waals surface area (Å²) in [6.07, 6.45) is 0. The number of ether oxygens (including phenoxy) is 1. The number of nitrogens with one attached hydrogen (secondary N) is 1. The minimum Gasteiger partial charge on any atom is -0.543 e. The van der Waals surface area contributed by atoms with E-state index in [1.54, 1.807) is 7.05 Å². The fourth-order valence-corrected chi connectivity index (χ4v) is 6.33. The Bertz CT molecular complexity index is 1010. The molecular weight excluding hydrogens is 521 g/mol. The second kappa shape index (κ2) is 12.1. The summed E-state index contributed by atoms with van der Waals surface area (Å²) in [7, 11) is 2.88. The van der Waals surface area contributed by atoms with E-state index in [1.807, 2.05) is 0 Å². The van der Waals surface area contributed by atoms with Crippen LogP contribution >= 0.6 is 35.3 Å². The first-order valence-corrected chi connectivity index (χ1v) is 12.5. The summed E-state index contributed by atoms with van der Waals surface area (Å²) in [6.45, 7) is 0. The Hall–Kier alpha value is -1.34. The van der Waals surface area contributed by atoms with Gasteiger partial charge in [0.1, 0.15) is 11.4 Å². The molecule has 0 radical (unpaired) electrons. The van der Waals surface area contributed by atoms with Crippen molar-refractivity contribution in [2.24, 2.45) is 12.8 Å². The third-order valence-electron chi connectivity index (χ3n) is 4.75. The number of carbonyl (C=O) groups is 4. The van der Waals surface area contributed by atoms with Crippen LogP contribution in [0.1, 0.15) is 0 Å². The van der Waals surface area contributed by atoms with E-state index in [4.69, 9.17) is 15.6 Å². The van der Waals surface area contributed by atoms with Crippen LogP contribution in [0.2, 0.25) is 0 Å². The topological polar surface area (TPSA) is 206 Å². The molecule has 0 aromatic carbocycles. The number of nitrogens with zero attached hydrogens (tertiary/aromatic N) is 5. The Morgan fingerprint density at radius 3 is 2.74 bits per heavy atom. The Labute approximate surface area is 228 Å². The molecule has 3 heterocycles. The molecule has 4 N–H and O–H groups in total. The van der Waals surface area contributed by atoms with Crippen LogP contribution in [0.15, 0.2) is 16.4 Å². The number of aryl methyl sites for hydroxylation is 1. The van der Waals surface area contributed by atoms with Crippen molar-refractivity contribution < 1.29 is 63.7 Å². The largest absolute Gasteiger partial charge is 1.00 e. The summed E-state index contributed by atoms with van der Waals surface area (Å²) < 4.78 is 6.78. The van der Waals surface area contributed by atoms with Crippen LogP contribution in [0.4, 0.5) is 0 Å². The molecule has 0 aliphatic carbocycles. The zero-order chi connectivity index (χ0) is 24.3. The normalized spacial score (nSPS) is 22.4. The molecule has 34 heavy (non-hydrogen) atoms. The molecule has 1 aromatic rings. The number of nitrogens with two attached hydrogens (primary N) is 1. The number of fused-ring (bicyclic) bond motifs is 1. The number of hydrogen-bond donors (Lipinski definition) is 3. The molecule has 2 aliphatic heterocycles. The predicted molar refractivity (Wildman–Crippen MR) is 115 cm³/mol. The van der Waals surface area contributed by atoms with Gasteiger partial charge in [-0.25, -0.2) is 4.68 Å². The maximum atomic E-state index is 13.0. The van der Waals surface area contributed by atoms with Gasteiger partial charge in [-0.2, -0.15) is 0 Å². The fraction of sp³-hybridized carbons (Fsp3) is 0.562. The van der Waals surface area contributed by atoms with Gasteiger partial charge in [0.2, 0.25) is 11.1 Å². The van der Waals surface area contributed by atoms with E-state index in [9.17, 15) is 24.3 Å². The summed E-state index contributed by atoms with van der Waals surface area (Å²) in [4.78, 5) is 49.1. The number of tetrazole rings is 1. The van der Waals surface area contributed by atoms with Crippen LogP contribution in [-0.2, 0) is 31.0 Å². The van der Waals surface area contributed by atoms with E-state index < -0.39 is 40.9 Å². The number of β-lactam (4-membered cyclic amide) rings is 1. The molecule has 1 aromatic heterocycles. The SMILES string of the molecule is CO[C@@]1(NC(=O)CSCC(N)C(=O)O)C(=O)N2C(C(=O)[O-])=C(CSc3nnnn3C)CS[C@@H]21.[Na+]. The average Bonchev–Trinajstić information content (AvgIpc) is 3.19. The Kier molecular flexibility index (Phi) is 10.3. The minimum absolute atomic E-state index is 0. The number of amides is 2. The summed E-state index contributed by atoms with van der Waals surface area (Å²) in [6, 6.07) is -1.13. The molecule has 1 saturated heterocycles. The van der Waals surface area contributed by atoms with Crippen LogP contribution in [0, 0.1) is 0 Å². The van der Waals surface area contributed by atoms with E-state index in [0.717, 1.165) is 16.7 Å². The van der Waals surface area contributed by atoms with Gasteiger partial charge < -0.3 is 30.8 Å². The molecule has 1 unspecified atom stereocenters. The molecule has 1 fully saturated rings. The number of carbonyl (C=O) groups excluding carboxylic acids is 3. The van der Waals surface area contributed by atoms with Gasteiger partial charge in [0.25, 0.3) is 11.6 Å². The van der Waals surface area contributed by atoms with Gasteiger partial charge in [0.05, 0.1) is 17.4 Å². The quantitative estimate of drug-likeness (QED) is 0.103. The van der Waals surface area contributed by atoms with E-state index in [-0.39, 0.29) is 58.3 Å². The first kappa shape index (κ1) is 28.9. The monoisotopic (exact) mass is 541 g/mol. The minimum atomic E-state index is -1.75. The van der Waals surface area contributed by atoms with Crippen LogP contribution < -0.4 is 45.7 Å². The van der Waals surface area contributed by atoms with E-state index in [2.05, 4.69) is 20.8 Å². The average molecular weight is 542 g/mol. The number of rotatable bonds is 11. The molecular formula is C16H20N7NaO7S3. The molecule has 3 atom stereocenters. The molecule has 14 nitrogen and oxygen atoms in total. The molecule has 2 amide bonds. The van der Waals surface area contributed by atoms with Crippen molar-refractivity contribution in [3.63, 3.8) is 0 Å². The molecule has 2 aliphatic rings. The first-order valence-electron chi connectivity index (χ1n) is 9.28. The van der Waals surface area contributed by atoms with Crippen molar-refractivity contribution in [3.8, 4) is 0 Å². The molecule has 0 spiro atoms. The van der Waals surface area contributed by atoms with Crippen LogP contribution in [0.5, 0.6) is 0 Å². The number of carboxylic acid groups (broad SMARTS) is 2. The molecule has 180 valence electrons. The molecule has 18 heteroatoms. The van der Waals surface area contributed by atoms with Crippen molar-refractivity contribution in [3.05, 3.63) is 11.3 Å². The van der Waals surface area contributed by atoms with Gasteiger partial charge in [0, 0.05) is 31.4 Å². The number of aliphatic carboxylic acids is 2. The molecule has 0 bridgehead atoms. The summed E-state index contributed by atoms with van der Waals surface area (Å²) in [5.41, 5.74) is 3.84. The maximum absolute atomic E-state index is 13.0. The number of carboxylic acids is 2. The number of methoxy groups -OCH3 is 1. The summed E-state index contributed by atoms with van der Waals surface area (Å²) >= 11 is 3.43. The van der Waals surface area contributed by atoms with Crippen molar-refractivity contribution in [1.82, 2.24) is 30.4 Å². The summed E-state index contributed by atoms with van der Waals surface area (Å²) in [5, 5.41) is 33.9. The van der Waals surface area contributed by atoms with Gasteiger partial charge >= 0.3 is 35.5 Å². The Balaban J connectivity index is 0.00000408. The second-order valence-corrected chi connectivity index (χ2v) is 9.94. The third kappa shape index (κ3) is 5.72. The van der Waals surface area contributed by atoms with Crippen molar-refractivity contribution >= 4 is 59.0 Å². The van der Waals surface area contributed by atoms with Crippen molar-refractivity contribution in [2.75, 3.05) is 30.1 Å². The zero-order valence-electron chi connectivity index (χ0n) is 18.4. The van der Waals surface area contributed by atoms with Gasteiger partial charge in [-0.3, -0.25) is 19.3 Å². The first-order chi connectivity index (χ1) is 15.6. The van der Waals surface area contributed by atoms with Crippen LogP contribution in [-0.4, -0.2) is 101 Å². The Morgan fingerprint density at radius 2 is 2.18 bits per heavy atom. The molecule has 3 rings (SSSR count). The predicted octanol–water partition coefficient (Wildman–Crippen LogP) is -6.17. The van der Waals surface area contributed by atoms with Crippen molar-refractivity contribution in [1.29, 1.82) is 0 Å².